The predicted octanol–water partition coefficient (Wildman–Crippen LogP) is 2.79. The van der Waals surface area contributed by atoms with Crippen LogP contribution in [0.3, 0.4) is 0 Å². The Morgan fingerprint density at radius 1 is 1.27 bits per heavy atom. The highest BCUT2D eigenvalue weighted by Gasteiger charge is 2.32. The number of aryl methyl sites for hydroxylation is 1. The first kappa shape index (κ1) is 11.8. The fraction of sp³-hybridized carbons (Fsp3) is 0.385. The molecule has 3 N–H and O–H groups in total. The molecule has 0 spiro atoms. The van der Waals surface area contributed by atoms with Crippen LogP contribution < -0.4 is 11.1 Å². The van der Waals surface area contributed by atoms with Crippen LogP contribution in [0.1, 0.15) is 25.0 Å². The second-order valence-electron chi connectivity index (χ2n) is 4.28. The normalized spacial score (nSPS) is 16.2. The highest BCUT2D eigenvalue weighted by atomic mass is 14.9. The van der Waals surface area contributed by atoms with Gasteiger partial charge >= 0.3 is 0 Å². The van der Waals surface area contributed by atoms with E-state index < -0.39 is 0 Å². The third kappa shape index (κ3) is 1.90. The summed E-state index contributed by atoms with van der Waals surface area (Å²) in [5, 5.41) is 3.32. The molecule has 0 saturated heterocycles. The van der Waals surface area contributed by atoms with Crippen LogP contribution in [0.5, 0.6) is 0 Å². The molecule has 0 unspecified atom stereocenters. The first-order valence-electron chi connectivity index (χ1n) is 5.17. The van der Waals surface area contributed by atoms with Gasteiger partial charge < -0.3 is 11.1 Å². The second kappa shape index (κ2) is 4.07. The molecule has 0 aromatic heterocycles. The lowest BCUT2D eigenvalue weighted by Crippen LogP contribution is -2.16. The quantitative estimate of drug-likeness (QED) is 0.682. The summed E-state index contributed by atoms with van der Waals surface area (Å²) in [5.74, 6) is 0. The number of nitrogens with one attached hydrogen (secondary N) is 1. The van der Waals surface area contributed by atoms with Gasteiger partial charge in [0.1, 0.15) is 0 Å². The van der Waals surface area contributed by atoms with E-state index in [1.807, 2.05) is 0 Å². The summed E-state index contributed by atoms with van der Waals surface area (Å²) in [6, 6.07) is 6.49. The lowest BCUT2D eigenvalue weighted by Gasteiger charge is -2.19. The van der Waals surface area contributed by atoms with Gasteiger partial charge in [0.15, 0.2) is 0 Å². The van der Waals surface area contributed by atoms with Gasteiger partial charge in [-0.15, -0.1) is 0 Å². The third-order valence-corrected chi connectivity index (χ3v) is 2.89. The highest BCUT2D eigenvalue weighted by Crippen LogP contribution is 2.42. The van der Waals surface area contributed by atoms with Crippen molar-refractivity contribution < 1.29 is 0 Å². The topological polar surface area (TPSA) is 38.0 Å². The van der Waals surface area contributed by atoms with Crippen molar-refractivity contribution in [3.63, 3.8) is 0 Å². The van der Waals surface area contributed by atoms with Gasteiger partial charge in [0, 0.05) is 16.8 Å². The number of anilines is 1. The minimum atomic E-state index is 0.0708. The number of nitrogens with two attached hydrogens (primary N) is 1. The Kier molecular flexibility index (Phi) is 3.20. The van der Waals surface area contributed by atoms with Gasteiger partial charge in [-0.2, -0.15) is 0 Å². The summed E-state index contributed by atoms with van der Waals surface area (Å²) >= 11 is 0. The summed E-state index contributed by atoms with van der Waals surface area (Å²) in [5.41, 5.74) is 9.54. The van der Waals surface area contributed by atoms with Crippen molar-refractivity contribution in [3.8, 4) is 0 Å². The molecular weight excluding hydrogens is 184 g/mol. The monoisotopic (exact) mass is 204 g/mol. The minimum absolute atomic E-state index is 0.0708. The van der Waals surface area contributed by atoms with Crippen molar-refractivity contribution in [1.82, 2.24) is 0 Å². The molecule has 2 heteroatoms. The molecule has 0 aliphatic carbocycles. The van der Waals surface area contributed by atoms with Crippen LogP contribution in [0.25, 0.3) is 0 Å². The van der Waals surface area contributed by atoms with Gasteiger partial charge in [-0.05, 0) is 25.6 Å². The summed E-state index contributed by atoms with van der Waals surface area (Å²) in [6.45, 7) is 10.6. The van der Waals surface area contributed by atoms with E-state index in [1.165, 1.54) is 23.9 Å². The van der Waals surface area contributed by atoms with Crippen molar-refractivity contribution in [2.45, 2.75) is 26.2 Å². The van der Waals surface area contributed by atoms with Crippen LogP contribution in [0.4, 0.5) is 5.69 Å². The molecule has 1 heterocycles. The van der Waals surface area contributed by atoms with Crippen LogP contribution in [0.15, 0.2) is 30.5 Å². The zero-order valence-electron chi connectivity index (χ0n) is 10.0. The van der Waals surface area contributed by atoms with Gasteiger partial charge in [0.25, 0.3) is 0 Å². The van der Waals surface area contributed by atoms with E-state index in [0.29, 0.717) is 0 Å². The largest absolute Gasteiger partial charge is 0.358 e. The van der Waals surface area contributed by atoms with Crippen molar-refractivity contribution in [1.29, 1.82) is 0 Å². The Labute approximate surface area is 92.2 Å². The van der Waals surface area contributed by atoms with E-state index in [-0.39, 0.29) is 5.41 Å². The van der Waals surface area contributed by atoms with E-state index in [4.69, 9.17) is 0 Å². The summed E-state index contributed by atoms with van der Waals surface area (Å²) < 4.78 is 0. The van der Waals surface area contributed by atoms with Crippen molar-refractivity contribution in [2.24, 2.45) is 5.73 Å². The smallest absolute Gasteiger partial charge is 0.0424 e. The molecule has 1 aromatic rings. The molecule has 0 fully saturated rings. The summed E-state index contributed by atoms with van der Waals surface area (Å²) in [4.78, 5) is 0. The molecule has 2 nitrogen and oxygen atoms in total. The van der Waals surface area contributed by atoms with Gasteiger partial charge in [0.2, 0.25) is 0 Å². The first-order chi connectivity index (χ1) is 7.01. The average Bonchev–Trinajstić information content (AvgIpc) is 2.43. The molecule has 0 atom stereocenters. The molecule has 0 radical (unpaired) electrons. The highest BCUT2D eigenvalue weighted by molar-refractivity contribution is 5.67. The standard InChI is InChI=1S/C12H15N.CH5N/c1-8-5-6-11-10(7-8)12(3,4)9(2)13-11;1-2/h5-7,13H,2H2,1,3-4H3;2H2,1H3. The number of hydrogen-bond donors (Lipinski definition) is 2. The molecule has 1 aliphatic rings. The molecule has 82 valence electrons. The van der Waals surface area contributed by atoms with Crippen molar-refractivity contribution in [2.75, 3.05) is 12.4 Å². The molecule has 1 aliphatic heterocycles. The van der Waals surface area contributed by atoms with Crippen LogP contribution in [-0.4, -0.2) is 7.05 Å². The van der Waals surface area contributed by atoms with E-state index in [1.54, 1.807) is 0 Å². The van der Waals surface area contributed by atoms with E-state index >= 15 is 0 Å². The number of benzene rings is 1. The maximum atomic E-state index is 4.50. The molecular formula is C13H20N2. The average molecular weight is 204 g/mol. The zero-order chi connectivity index (χ0) is 11.6. The van der Waals surface area contributed by atoms with Crippen LogP contribution in [0, 0.1) is 6.92 Å². The molecule has 15 heavy (non-hydrogen) atoms. The lowest BCUT2D eigenvalue weighted by atomic mass is 9.84. The molecule has 0 saturated carbocycles. The van der Waals surface area contributed by atoms with Crippen molar-refractivity contribution >= 4 is 5.69 Å². The van der Waals surface area contributed by atoms with Gasteiger partial charge in [-0.1, -0.05) is 38.1 Å². The summed E-state index contributed by atoms with van der Waals surface area (Å²) in [7, 11) is 1.50. The van der Waals surface area contributed by atoms with Gasteiger partial charge in [-0.3, -0.25) is 0 Å². The zero-order valence-corrected chi connectivity index (χ0v) is 10.0. The van der Waals surface area contributed by atoms with Crippen LogP contribution in [0.2, 0.25) is 0 Å². The fourth-order valence-electron chi connectivity index (χ4n) is 1.77. The predicted molar refractivity (Wildman–Crippen MR) is 67.1 cm³/mol. The van der Waals surface area contributed by atoms with Crippen LogP contribution in [-0.2, 0) is 5.41 Å². The lowest BCUT2D eigenvalue weighted by molar-refractivity contribution is 0.656. The maximum Gasteiger partial charge on any atom is 0.0424 e. The third-order valence-electron chi connectivity index (χ3n) is 2.89. The number of allylic oxidation sites excluding steroid dienone is 1. The van der Waals surface area contributed by atoms with E-state index in [9.17, 15) is 0 Å². The number of hydrogen-bond acceptors (Lipinski definition) is 2. The van der Waals surface area contributed by atoms with E-state index in [2.05, 4.69) is 56.6 Å². The molecule has 0 bridgehead atoms. The number of fused-ring (bicyclic) bond motifs is 1. The number of rotatable bonds is 0. The van der Waals surface area contributed by atoms with E-state index in [0.717, 1.165) is 5.70 Å². The fourth-order valence-corrected chi connectivity index (χ4v) is 1.77. The Morgan fingerprint density at radius 2 is 1.87 bits per heavy atom. The van der Waals surface area contributed by atoms with Crippen molar-refractivity contribution in [3.05, 3.63) is 41.6 Å². The SMILES string of the molecule is C=C1Nc2ccc(C)cc2C1(C)C.CN. The molecule has 2 rings (SSSR count). The Balaban J connectivity index is 0.000000531. The second-order valence-corrected chi connectivity index (χ2v) is 4.28. The summed E-state index contributed by atoms with van der Waals surface area (Å²) in [6.07, 6.45) is 0. The maximum absolute atomic E-state index is 4.50. The molecule has 0 amide bonds. The van der Waals surface area contributed by atoms with Gasteiger partial charge in [0.05, 0.1) is 0 Å². The Bertz CT molecular complexity index is 378. The van der Waals surface area contributed by atoms with Crippen LogP contribution >= 0.6 is 0 Å². The Morgan fingerprint density at radius 3 is 2.47 bits per heavy atom. The Hall–Kier alpha value is -1.28. The minimum Gasteiger partial charge on any atom is -0.358 e. The first-order valence-corrected chi connectivity index (χ1v) is 5.17. The van der Waals surface area contributed by atoms with Gasteiger partial charge in [-0.25, -0.2) is 0 Å². The molecule has 1 aromatic carbocycles.